The van der Waals surface area contributed by atoms with Crippen LogP contribution >= 0.6 is 0 Å². The number of carboxylic acids is 1. The highest BCUT2D eigenvalue weighted by Gasteiger charge is 2.23. The number of carbonyl (C=O) groups excluding carboxylic acids is 1. The number of amides is 2. The van der Waals surface area contributed by atoms with Gasteiger partial charge in [0.2, 0.25) is 0 Å². The summed E-state index contributed by atoms with van der Waals surface area (Å²) in [7, 11) is 0. The number of nitrogens with one attached hydrogen (secondary N) is 2. The van der Waals surface area contributed by atoms with E-state index in [9.17, 15) is 9.59 Å². The summed E-state index contributed by atoms with van der Waals surface area (Å²) < 4.78 is 0. The number of hydrogen-bond acceptors (Lipinski definition) is 2. The van der Waals surface area contributed by atoms with Crippen molar-refractivity contribution in [3.63, 3.8) is 0 Å². The van der Waals surface area contributed by atoms with Crippen LogP contribution < -0.4 is 10.6 Å². The standard InChI is InChI=1S/C14H20N2O3/c1-8(2)11(13(17)18)15-14(19)16-12-9(3)6-5-7-10(12)4/h5-8,11H,1-4H3,(H,17,18)(H2,15,16,19)/t11-/m0/s1. The van der Waals surface area contributed by atoms with Crippen LogP contribution in [0.4, 0.5) is 10.5 Å². The third-order valence-corrected chi connectivity index (χ3v) is 2.94. The summed E-state index contributed by atoms with van der Waals surface area (Å²) in [4.78, 5) is 22.9. The van der Waals surface area contributed by atoms with Crippen molar-refractivity contribution < 1.29 is 14.7 Å². The zero-order valence-corrected chi connectivity index (χ0v) is 11.7. The first-order chi connectivity index (χ1) is 8.82. The van der Waals surface area contributed by atoms with Crippen LogP contribution in [-0.2, 0) is 4.79 Å². The average Bonchev–Trinajstić information content (AvgIpc) is 2.30. The lowest BCUT2D eigenvalue weighted by molar-refractivity contribution is -0.140. The normalized spacial score (nSPS) is 12.1. The number of rotatable bonds is 4. The lowest BCUT2D eigenvalue weighted by atomic mass is 10.1. The fraction of sp³-hybridized carbons (Fsp3) is 0.429. The fourth-order valence-corrected chi connectivity index (χ4v) is 1.82. The second-order valence-electron chi connectivity index (χ2n) is 4.93. The number of aryl methyl sites for hydroxylation is 2. The number of para-hydroxylation sites is 1. The molecular weight excluding hydrogens is 244 g/mol. The first-order valence-corrected chi connectivity index (χ1v) is 6.19. The Morgan fingerprint density at radius 2 is 1.68 bits per heavy atom. The minimum atomic E-state index is -1.04. The third kappa shape index (κ3) is 3.98. The topological polar surface area (TPSA) is 78.4 Å². The zero-order chi connectivity index (χ0) is 14.6. The van der Waals surface area contributed by atoms with Gasteiger partial charge in [-0.1, -0.05) is 32.0 Å². The van der Waals surface area contributed by atoms with Crippen LogP contribution in [0, 0.1) is 19.8 Å². The number of carbonyl (C=O) groups is 2. The summed E-state index contributed by atoms with van der Waals surface area (Å²) in [5, 5.41) is 14.2. The maximum Gasteiger partial charge on any atom is 0.326 e. The maximum atomic E-state index is 11.9. The molecule has 0 aliphatic carbocycles. The molecule has 1 atom stereocenters. The molecule has 0 radical (unpaired) electrons. The quantitative estimate of drug-likeness (QED) is 0.782. The second-order valence-corrected chi connectivity index (χ2v) is 4.93. The van der Waals surface area contributed by atoms with Gasteiger partial charge in [0, 0.05) is 5.69 Å². The molecule has 104 valence electrons. The van der Waals surface area contributed by atoms with Crippen molar-refractivity contribution >= 4 is 17.7 Å². The summed E-state index contributed by atoms with van der Waals surface area (Å²) in [6.07, 6.45) is 0. The predicted octanol–water partition coefficient (Wildman–Crippen LogP) is 2.53. The van der Waals surface area contributed by atoms with Crippen molar-refractivity contribution in [1.82, 2.24) is 5.32 Å². The van der Waals surface area contributed by atoms with Crippen molar-refractivity contribution in [3.8, 4) is 0 Å². The van der Waals surface area contributed by atoms with Gasteiger partial charge < -0.3 is 15.7 Å². The molecule has 1 aromatic carbocycles. The van der Waals surface area contributed by atoms with Crippen LogP contribution in [0.1, 0.15) is 25.0 Å². The van der Waals surface area contributed by atoms with Crippen molar-refractivity contribution in [1.29, 1.82) is 0 Å². The van der Waals surface area contributed by atoms with Gasteiger partial charge in [-0.05, 0) is 30.9 Å². The molecule has 3 N–H and O–H groups in total. The minimum Gasteiger partial charge on any atom is -0.480 e. The van der Waals surface area contributed by atoms with Gasteiger partial charge in [-0.2, -0.15) is 0 Å². The SMILES string of the molecule is Cc1cccc(C)c1NC(=O)N[C@H](C(=O)O)C(C)C. The first-order valence-electron chi connectivity index (χ1n) is 6.19. The molecule has 1 aromatic rings. The zero-order valence-electron chi connectivity index (χ0n) is 11.7. The van der Waals surface area contributed by atoms with E-state index in [1.54, 1.807) is 13.8 Å². The Labute approximate surface area is 113 Å². The van der Waals surface area contributed by atoms with Crippen LogP contribution in [0.25, 0.3) is 0 Å². The molecule has 0 saturated heterocycles. The van der Waals surface area contributed by atoms with E-state index in [1.165, 1.54) is 0 Å². The van der Waals surface area contributed by atoms with Gasteiger partial charge in [-0.25, -0.2) is 9.59 Å². The molecule has 0 saturated carbocycles. The first kappa shape index (κ1) is 15.0. The molecular formula is C14H20N2O3. The molecule has 2 amide bonds. The average molecular weight is 264 g/mol. The molecule has 19 heavy (non-hydrogen) atoms. The summed E-state index contributed by atoms with van der Waals surface area (Å²) in [5.74, 6) is -1.21. The monoisotopic (exact) mass is 264 g/mol. The van der Waals surface area contributed by atoms with Gasteiger partial charge in [0.15, 0.2) is 0 Å². The lowest BCUT2D eigenvalue weighted by Gasteiger charge is -2.19. The van der Waals surface area contributed by atoms with Gasteiger partial charge in [-0.3, -0.25) is 0 Å². The molecule has 5 nitrogen and oxygen atoms in total. The Balaban J connectivity index is 2.78. The van der Waals surface area contributed by atoms with Gasteiger partial charge in [-0.15, -0.1) is 0 Å². The summed E-state index contributed by atoms with van der Waals surface area (Å²) in [6.45, 7) is 7.27. The van der Waals surface area contributed by atoms with E-state index in [0.717, 1.165) is 11.1 Å². The van der Waals surface area contributed by atoms with Crippen molar-refractivity contribution in [2.75, 3.05) is 5.32 Å². The van der Waals surface area contributed by atoms with E-state index in [-0.39, 0.29) is 5.92 Å². The van der Waals surface area contributed by atoms with Crippen molar-refractivity contribution in [3.05, 3.63) is 29.3 Å². The second kappa shape index (κ2) is 6.22. The van der Waals surface area contributed by atoms with Crippen LogP contribution in [0.15, 0.2) is 18.2 Å². The number of hydrogen-bond donors (Lipinski definition) is 3. The van der Waals surface area contributed by atoms with Crippen molar-refractivity contribution in [2.45, 2.75) is 33.7 Å². The fourth-order valence-electron chi connectivity index (χ4n) is 1.82. The highest BCUT2D eigenvalue weighted by atomic mass is 16.4. The predicted molar refractivity (Wildman–Crippen MR) is 74.3 cm³/mol. The van der Waals surface area contributed by atoms with Gasteiger partial charge in [0.1, 0.15) is 6.04 Å². The molecule has 0 aliphatic rings. The Bertz CT molecular complexity index is 463. The molecule has 5 heteroatoms. The van der Waals surface area contributed by atoms with Crippen molar-refractivity contribution in [2.24, 2.45) is 5.92 Å². The van der Waals surface area contributed by atoms with E-state index in [4.69, 9.17) is 5.11 Å². The highest BCUT2D eigenvalue weighted by molar-refractivity contribution is 5.93. The number of benzene rings is 1. The molecule has 0 unspecified atom stereocenters. The van der Waals surface area contributed by atoms with Crippen LogP contribution in [-0.4, -0.2) is 23.1 Å². The molecule has 0 bridgehead atoms. The molecule has 1 rings (SSSR count). The third-order valence-electron chi connectivity index (χ3n) is 2.94. The summed E-state index contributed by atoms with van der Waals surface area (Å²) >= 11 is 0. The Kier molecular flexibility index (Phi) is 4.92. The summed E-state index contributed by atoms with van der Waals surface area (Å²) in [5.41, 5.74) is 2.59. The van der Waals surface area contributed by atoms with E-state index >= 15 is 0 Å². The van der Waals surface area contributed by atoms with E-state index in [1.807, 2.05) is 32.0 Å². The van der Waals surface area contributed by atoms with Crippen LogP contribution in [0.2, 0.25) is 0 Å². The van der Waals surface area contributed by atoms with Gasteiger partial charge in [0.25, 0.3) is 0 Å². The Morgan fingerprint density at radius 3 is 2.11 bits per heavy atom. The number of urea groups is 1. The van der Waals surface area contributed by atoms with Crippen LogP contribution in [0.3, 0.4) is 0 Å². The van der Waals surface area contributed by atoms with E-state index < -0.39 is 18.0 Å². The van der Waals surface area contributed by atoms with Gasteiger partial charge >= 0.3 is 12.0 Å². The minimum absolute atomic E-state index is 0.179. The maximum absolute atomic E-state index is 11.9. The molecule has 0 heterocycles. The Morgan fingerprint density at radius 1 is 1.16 bits per heavy atom. The number of aliphatic carboxylic acids is 1. The van der Waals surface area contributed by atoms with Crippen LogP contribution in [0.5, 0.6) is 0 Å². The largest absolute Gasteiger partial charge is 0.480 e. The lowest BCUT2D eigenvalue weighted by Crippen LogP contribution is -2.46. The Hall–Kier alpha value is -2.04. The molecule has 0 aliphatic heterocycles. The molecule has 0 aromatic heterocycles. The molecule has 0 spiro atoms. The van der Waals surface area contributed by atoms with E-state index in [0.29, 0.717) is 5.69 Å². The van der Waals surface area contributed by atoms with E-state index in [2.05, 4.69) is 10.6 Å². The number of anilines is 1. The smallest absolute Gasteiger partial charge is 0.326 e. The molecule has 0 fully saturated rings. The highest BCUT2D eigenvalue weighted by Crippen LogP contribution is 2.19. The number of carboxylic acid groups (broad SMARTS) is 1. The van der Waals surface area contributed by atoms with Gasteiger partial charge in [0.05, 0.1) is 0 Å². The summed E-state index contributed by atoms with van der Waals surface area (Å²) in [6, 6.07) is 4.28.